The smallest absolute Gasteiger partial charge is 0.155 e. The van der Waals surface area contributed by atoms with Gasteiger partial charge in [0, 0.05) is 35.5 Å². The normalized spacial score (nSPS) is 33.4. The Morgan fingerprint density at radius 3 is 2.44 bits per heavy atom. The monoisotopic (exact) mass is 384 g/mol. The number of thioether (sulfide) groups is 2. The van der Waals surface area contributed by atoms with Crippen molar-refractivity contribution in [3.8, 4) is 11.5 Å². The molecule has 1 spiro atoms. The predicted molar refractivity (Wildman–Crippen MR) is 99.7 cm³/mol. The van der Waals surface area contributed by atoms with Crippen molar-refractivity contribution in [1.29, 1.82) is 0 Å². The molecular weight excluding hydrogens is 360 g/mol. The molecule has 3 atom stereocenters. The van der Waals surface area contributed by atoms with E-state index in [4.69, 9.17) is 18.9 Å². The van der Waals surface area contributed by atoms with Gasteiger partial charge in [0.25, 0.3) is 0 Å². The van der Waals surface area contributed by atoms with Crippen LogP contribution in [0.25, 0.3) is 0 Å². The fraction of sp³-hybridized carbons (Fsp3) is 0.667. The second-order valence-electron chi connectivity index (χ2n) is 6.76. The van der Waals surface area contributed by atoms with Crippen LogP contribution in [0.2, 0.25) is 0 Å². The Labute approximate surface area is 156 Å². The number of methoxy groups -OCH3 is 2. The first kappa shape index (κ1) is 17.8. The molecule has 4 rings (SSSR count). The Morgan fingerprint density at radius 2 is 1.84 bits per heavy atom. The molecule has 5 nitrogen and oxygen atoms in total. The zero-order chi connectivity index (χ0) is 17.7. The minimum absolute atomic E-state index is 0.239. The van der Waals surface area contributed by atoms with Gasteiger partial charge >= 0.3 is 0 Å². The van der Waals surface area contributed by atoms with E-state index < -0.39 is 5.60 Å². The van der Waals surface area contributed by atoms with Gasteiger partial charge < -0.3 is 24.1 Å². The van der Waals surface area contributed by atoms with E-state index in [0.29, 0.717) is 19.4 Å². The van der Waals surface area contributed by atoms with Gasteiger partial charge in [0.05, 0.1) is 30.5 Å². The summed E-state index contributed by atoms with van der Waals surface area (Å²) in [6, 6.07) is 3.90. The van der Waals surface area contributed by atoms with E-state index in [1.807, 2.05) is 42.6 Å². The third-order valence-electron chi connectivity index (χ3n) is 5.27. The maximum atomic E-state index is 11.6. The molecule has 138 valence electrons. The van der Waals surface area contributed by atoms with E-state index >= 15 is 0 Å². The first-order valence-electron chi connectivity index (χ1n) is 8.53. The molecule has 25 heavy (non-hydrogen) atoms. The quantitative estimate of drug-likeness (QED) is 0.860. The maximum Gasteiger partial charge on any atom is 0.155 e. The third-order valence-corrected chi connectivity index (χ3v) is 8.68. The highest BCUT2D eigenvalue weighted by atomic mass is 32.2. The van der Waals surface area contributed by atoms with E-state index in [0.717, 1.165) is 28.6 Å². The standard InChI is InChI=1S/C18H24O5S2/c1-11-22-9-15(23-11)17(19)8-12-13(20-2)4-5-14(21-3)16(12)18(10-17)24-6-7-25-18/h4-5,11,15,19H,6-10H2,1-3H3/t11-,15?,17?/m1/s1. The van der Waals surface area contributed by atoms with E-state index in [2.05, 4.69) is 0 Å². The Hall–Kier alpha value is -0.600. The number of benzene rings is 1. The maximum absolute atomic E-state index is 11.6. The molecule has 1 aromatic rings. The topological polar surface area (TPSA) is 57.2 Å². The van der Waals surface area contributed by atoms with Crippen LogP contribution in [0.15, 0.2) is 12.1 Å². The van der Waals surface area contributed by atoms with Crippen LogP contribution in [0.5, 0.6) is 11.5 Å². The van der Waals surface area contributed by atoms with Gasteiger partial charge in [-0.05, 0) is 19.1 Å². The number of hydrogen-bond donors (Lipinski definition) is 1. The SMILES string of the molecule is COc1ccc(OC)c2c1CC(O)(C1CO[C@@H](C)O1)CC21SCCS1. The number of aliphatic hydroxyl groups is 1. The van der Waals surface area contributed by atoms with E-state index in [1.54, 1.807) is 14.2 Å². The minimum atomic E-state index is -0.984. The van der Waals surface area contributed by atoms with Crippen molar-refractivity contribution in [1.82, 2.24) is 0 Å². The molecule has 2 unspecified atom stereocenters. The zero-order valence-electron chi connectivity index (χ0n) is 14.7. The van der Waals surface area contributed by atoms with Crippen molar-refractivity contribution in [2.45, 2.75) is 41.8 Å². The number of fused-ring (bicyclic) bond motifs is 2. The van der Waals surface area contributed by atoms with Crippen molar-refractivity contribution in [3.05, 3.63) is 23.3 Å². The van der Waals surface area contributed by atoms with Gasteiger partial charge in [-0.25, -0.2) is 0 Å². The van der Waals surface area contributed by atoms with Crippen LogP contribution in [0.1, 0.15) is 24.5 Å². The van der Waals surface area contributed by atoms with Crippen molar-refractivity contribution >= 4 is 23.5 Å². The number of hydrogen-bond acceptors (Lipinski definition) is 7. The van der Waals surface area contributed by atoms with Gasteiger partial charge in [0.15, 0.2) is 6.29 Å². The molecule has 1 aromatic carbocycles. The predicted octanol–water partition coefficient (Wildman–Crippen LogP) is 2.78. The molecule has 2 saturated heterocycles. The van der Waals surface area contributed by atoms with Gasteiger partial charge in [-0.15, -0.1) is 23.5 Å². The molecule has 0 aromatic heterocycles. The highest BCUT2D eigenvalue weighted by Crippen LogP contribution is 2.63. The molecule has 2 aliphatic heterocycles. The van der Waals surface area contributed by atoms with Crippen LogP contribution >= 0.6 is 23.5 Å². The summed E-state index contributed by atoms with van der Waals surface area (Å²) < 4.78 is 22.5. The summed E-state index contributed by atoms with van der Waals surface area (Å²) in [7, 11) is 3.38. The molecule has 2 fully saturated rings. The summed E-state index contributed by atoms with van der Waals surface area (Å²) in [5.74, 6) is 3.78. The Balaban J connectivity index is 1.84. The van der Waals surface area contributed by atoms with E-state index in [-0.39, 0.29) is 16.5 Å². The molecule has 0 amide bonds. The Bertz CT molecular complexity index is 661. The van der Waals surface area contributed by atoms with Gasteiger partial charge in [0.2, 0.25) is 0 Å². The number of ether oxygens (including phenoxy) is 4. The van der Waals surface area contributed by atoms with Gasteiger partial charge in [-0.3, -0.25) is 0 Å². The summed E-state index contributed by atoms with van der Waals surface area (Å²) in [4.78, 5) is 0. The van der Waals surface area contributed by atoms with Crippen molar-refractivity contribution < 1.29 is 24.1 Å². The second kappa shape index (κ2) is 6.53. The first-order valence-corrected chi connectivity index (χ1v) is 10.5. The van der Waals surface area contributed by atoms with E-state index in [1.165, 1.54) is 5.56 Å². The zero-order valence-corrected chi connectivity index (χ0v) is 16.4. The van der Waals surface area contributed by atoms with Crippen LogP contribution in [-0.2, 0) is 20.0 Å². The summed E-state index contributed by atoms with van der Waals surface area (Å²) >= 11 is 3.78. The molecule has 0 saturated carbocycles. The lowest BCUT2D eigenvalue weighted by molar-refractivity contribution is -0.118. The summed E-state index contributed by atoms with van der Waals surface area (Å²) in [6.45, 7) is 2.29. The van der Waals surface area contributed by atoms with Crippen molar-refractivity contribution in [2.24, 2.45) is 0 Å². The van der Waals surface area contributed by atoms with Gasteiger partial charge in [-0.2, -0.15) is 0 Å². The average molecular weight is 385 g/mol. The van der Waals surface area contributed by atoms with Crippen LogP contribution in [0, 0.1) is 0 Å². The van der Waals surface area contributed by atoms with Crippen molar-refractivity contribution in [2.75, 3.05) is 32.3 Å². The molecule has 2 heterocycles. The highest BCUT2D eigenvalue weighted by molar-refractivity contribution is 8.20. The van der Waals surface area contributed by atoms with Crippen LogP contribution in [0.4, 0.5) is 0 Å². The fourth-order valence-corrected chi connectivity index (χ4v) is 7.76. The second-order valence-corrected chi connectivity index (χ2v) is 9.80. The van der Waals surface area contributed by atoms with Crippen LogP contribution < -0.4 is 9.47 Å². The minimum Gasteiger partial charge on any atom is -0.496 e. The molecule has 1 aliphatic carbocycles. The number of rotatable bonds is 3. The lowest BCUT2D eigenvalue weighted by atomic mass is 9.76. The van der Waals surface area contributed by atoms with Gasteiger partial charge in [-0.1, -0.05) is 0 Å². The summed E-state index contributed by atoms with van der Waals surface area (Å²) in [5, 5.41) is 11.6. The molecular formula is C18H24O5S2. The summed E-state index contributed by atoms with van der Waals surface area (Å²) in [6.07, 6.45) is 0.492. The molecule has 3 aliphatic rings. The molecule has 7 heteroatoms. The molecule has 0 bridgehead atoms. The van der Waals surface area contributed by atoms with Crippen LogP contribution in [0.3, 0.4) is 0 Å². The lowest BCUT2D eigenvalue weighted by Crippen LogP contribution is -2.52. The first-order chi connectivity index (χ1) is 12.0. The van der Waals surface area contributed by atoms with Crippen molar-refractivity contribution in [3.63, 3.8) is 0 Å². The fourth-order valence-electron chi connectivity index (χ4n) is 4.17. The van der Waals surface area contributed by atoms with Gasteiger partial charge in [0.1, 0.15) is 17.6 Å². The summed E-state index contributed by atoms with van der Waals surface area (Å²) in [5.41, 5.74) is 1.21. The third kappa shape index (κ3) is 2.84. The highest BCUT2D eigenvalue weighted by Gasteiger charge is 2.56. The largest absolute Gasteiger partial charge is 0.496 e. The average Bonchev–Trinajstić information content (AvgIpc) is 3.24. The molecule has 0 radical (unpaired) electrons. The molecule has 1 N–H and O–H groups in total. The van der Waals surface area contributed by atoms with E-state index in [9.17, 15) is 5.11 Å². The Kier molecular flexibility index (Phi) is 4.65. The van der Waals surface area contributed by atoms with Crippen LogP contribution in [-0.4, -0.2) is 55.4 Å². The lowest BCUT2D eigenvalue weighted by Gasteiger charge is -2.46. The Morgan fingerprint density at radius 1 is 1.16 bits per heavy atom.